The third-order valence-electron chi connectivity index (χ3n) is 3.73. The van der Waals surface area contributed by atoms with E-state index in [0.717, 1.165) is 17.5 Å². The van der Waals surface area contributed by atoms with Crippen molar-refractivity contribution in [3.05, 3.63) is 70.7 Å². The van der Waals surface area contributed by atoms with E-state index in [1.165, 1.54) is 6.92 Å². The second kappa shape index (κ2) is 9.08. The van der Waals surface area contributed by atoms with Crippen LogP contribution in [-0.2, 0) is 22.6 Å². The van der Waals surface area contributed by atoms with E-state index in [2.05, 4.69) is 5.32 Å². The summed E-state index contributed by atoms with van der Waals surface area (Å²) >= 11 is 6.07. The summed E-state index contributed by atoms with van der Waals surface area (Å²) in [6.07, 6.45) is 0.720. The summed E-state index contributed by atoms with van der Waals surface area (Å²) in [6.45, 7) is 2.39. The predicted molar refractivity (Wildman–Crippen MR) is 95.7 cm³/mol. The first-order valence-electron chi connectivity index (χ1n) is 7.86. The highest BCUT2D eigenvalue weighted by Crippen LogP contribution is 2.14. The van der Waals surface area contributed by atoms with Crippen molar-refractivity contribution in [3.63, 3.8) is 0 Å². The first kappa shape index (κ1) is 18.0. The van der Waals surface area contributed by atoms with Crippen molar-refractivity contribution in [3.8, 4) is 0 Å². The van der Waals surface area contributed by atoms with Gasteiger partial charge in [-0.2, -0.15) is 0 Å². The minimum Gasteiger partial charge on any atom is -0.350 e. The molecule has 0 heterocycles. The van der Waals surface area contributed by atoms with Gasteiger partial charge in [-0.3, -0.25) is 9.59 Å². The Morgan fingerprint density at radius 3 is 2.38 bits per heavy atom. The van der Waals surface area contributed by atoms with Crippen LogP contribution < -0.4 is 5.32 Å². The van der Waals surface area contributed by atoms with E-state index in [0.29, 0.717) is 18.1 Å². The van der Waals surface area contributed by atoms with E-state index in [9.17, 15) is 9.59 Å². The molecule has 2 amide bonds. The van der Waals surface area contributed by atoms with Crippen LogP contribution in [0.3, 0.4) is 0 Å². The van der Waals surface area contributed by atoms with Gasteiger partial charge in [0.05, 0.1) is 6.54 Å². The van der Waals surface area contributed by atoms with Crippen molar-refractivity contribution in [2.45, 2.75) is 19.9 Å². The quantitative estimate of drug-likeness (QED) is 0.839. The third-order valence-corrected chi connectivity index (χ3v) is 4.10. The van der Waals surface area contributed by atoms with Crippen molar-refractivity contribution in [1.82, 2.24) is 10.2 Å². The Labute approximate surface area is 147 Å². The monoisotopic (exact) mass is 344 g/mol. The third kappa shape index (κ3) is 5.70. The van der Waals surface area contributed by atoms with E-state index in [4.69, 9.17) is 11.6 Å². The molecule has 2 aromatic rings. The Morgan fingerprint density at radius 2 is 1.71 bits per heavy atom. The second-order valence-electron chi connectivity index (χ2n) is 5.54. The van der Waals surface area contributed by atoms with Crippen LogP contribution in [0.5, 0.6) is 0 Å². The molecule has 4 nitrogen and oxygen atoms in total. The number of amides is 2. The largest absolute Gasteiger partial charge is 0.350 e. The van der Waals surface area contributed by atoms with Gasteiger partial charge >= 0.3 is 0 Å². The van der Waals surface area contributed by atoms with Crippen molar-refractivity contribution < 1.29 is 9.59 Å². The number of rotatable bonds is 7. The molecule has 0 unspecified atom stereocenters. The summed E-state index contributed by atoms with van der Waals surface area (Å²) in [5.74, 6) is -0.308. The maximum atomic E-state index is 12.1. The van der Waals surface area contributed by atoms with Crippen LogP contribution in [0.4, 0.5) is 0 Å². The Morgan fingerprint density at radius 1 is 1.04 bits per heavy atom. The molecule has 0 aromatic heterocycles. The number of carbonyl (C=O) groups excluding carboxylic acids is 2. The molecule has 1 N–H and O–H groups in total. The predicted octanol–water partition coefficient (Wildman–Crippen LogP) is 3.05. The SMILES string of the molecule is CC(=O)N(CCc1ccccc1)CC(=O)NCc1ccccc1Cl. The standard InChI is InChI=1S/C19H21ClN2O2/c1-15(23)22(12-11-16-7-3-2-4-8-16)14-19(24)21-13-17-9-5-6-10-18(17)20/h2-10H,11-14H2,1H3,(H,21,24). The minimum absolute atomic E-state index is 0.0482. The van der Waals surface area contributed by atoms with Crippen molar-refractivity contribution >= 4 is 23.4 Å². The summed E-state index contributed by atoms with van der Waals surface area (Å²) in [7, 11) is 0. The lowest BCUT2D eigenvalue weighted by atomic mass is 10.1. The number of nitrogens with one attached hydrogen (secondary N) is 1. The summed E-state index contributed by atoms with van der Waals surface area (Å²) in [5.41, 5.74) is 1.99. The normalized spacial score (nSPS) is 10.2. The van der Waals surface area contributed by atoms with Crippen LogP contribution in [0.15, 0.2) is 54.6 Å². The minimum atomic E-state index is -0.196. The van der Waals surface area contributed by atoms with Crippen molar-refractivity contribution in [2.24, 2.45) is 0 Å². The molecule has 0 fully saturated rings. The lowest BCUT2D eigenvalue weighted by Crippen LogP contribution is -2.40. The number of hydrogen-bond acceptors (Lipinski definition) is 2. The summed E-state index contributed by atoms with van der Waals surface area (Å²) in [6, 6.07) is 17.3. The molecule has 0 atom stereocenters. The molecule has 0 aliphatic rings. The molecule has 0 bridgehead atoms. The van der Waals surface area contributed by atoms with Gasteiger partial charge in [-0.05, 0) is 23.6 Å². The Bertz CT molecular complexity index is 689. The first-order valence-corrected chi connectivity index (χ1v) is 8.23. The zero-order valence-corrected chi connectivity index (χ0v) is 14.4. The molecular formula is C19H21ClN2O2. The van der Waals surface area contributed by atoms with E-state index >= 15 is 0 Å². The second-order valence-corrected chi connectivity index (χ2v) is 5.95. The molecule has 0 aliphatic carbocycles. The molecule has 24 heavy (non-hydrogen) atoms. The van der Waals surface area contributed by atoms with E-state index < -0.39 is 0 Å². The Hall–Kier alpha value is -2.33. The molecule has 0 spiro atoms. The highest BCUT2D eigenvalue weighted by atomic mass is 35.5. The molecule has 0 saturated carbocycles. The molecule has 2 aromatic carbocycles. The zero-order chi connectivity index (χ0) is 17.4. The van der Waals surface area contributed by atoms with E-state index in [1.54, 1.807) is 11.0 Å². The van der Waals surface area contributed by atoms with Gasteiger partial charge in [-0.1, -0.05) is 60.1 Å². The average Bonchev–Trinajstić information content (AvgIpc) is 2.58. The lowest BCUT2D eigenvalue weighted by molar-refractivity contribution is -0.134. The smallest absolute Gasteiger partial charge is 0.239 e. The highest BCUT2D eigenvalue weighted by molar-refractivity contribution is 6.31. The van der Waals surface area contributed by atoms with Crippen LogP contribution in [0, 0.1) is 0 Å². The fraction of sp³-hybridized carbons (Fsp3) is 0.263. The number of benzene rings is 2. The summed E-state index contributed by atoms with van der Waals surface area (Å²) < 4.78 is 0. The van der Waals surface area contributed by atoms with Crippen molar-refractivity contribution in [1.29, 1.82) is 0 Å². The zero-order valence-electron chi connectivity index (χ0n) is 13.7. The highest BCUT2D eigenvalue weighted by Gasteiger charge is 2.13. The molecular weight excluding hydrogens is 324 g/mol. The van der Waals surface area contributed by atoms with Gasteiger partial charge in [0.15, 0.2) is 0 Å². The Balaban J connectivity index is 1.84. The molecule has 0 radical (unpaired) electrons. The Kier molecular flexibility index (Phi) is 6.82. The average molecular weight is 345 g/mol. The van der Waals surface area contributed by atoms with Crippen LogP contribution in [0.25, 0.3) is 0 Å². The summed E-state index contributed by atoms with van der Waals surface area (Å²) in [4.78, 5) is 25.4. The van der Waals surface area contributed by atoms with Crippen molar-refractivity contribution in [2.75, 3.05) is 13.1 Å². The maximum Gasteiger partial charge on any atom is 0.239 e. The molecule has 126 valence electrons. The molecule has 5 heteroatoms. The molecule has 2 rings (SSSR count). The van der Waals surface area contributed by atoms with Gasteiger partial charge in [0, 0.05) is 25.0 Å². The van der Waals surface area contributed by atoms with Gasteiger partial charge in [-0.15, -0.1) is 0 Å². The molecule has 0 saturated heterocycles. The number of carbonyl (C=O) groups is 2. The topological polar surface area (TPSA) is 49.4 Å². The van der Waals surface area contributed by atoms with E-state index in [1.807, 2.05) is 48.5 Å². The van der Waals surface area contributed by atoms with Crippen LogP contribution in [-0.4, -0.2) is 29.8 Å². The van der Waals surface area contributed by atoms with Crippen LogP contribution in [0.2, 0.25) is 5.02 Å². The fourth-order valence-electron chi connectivity index (χ4n) is 2.32. The number of nitrogens with zero attached hydrogens (tertiary/aromatic N) is 1. The maximum absolute atomic E-state index is 12.1. The first-order chi connectivity index (χ1) is 11.6. The van der Waals surface area contributed by atoms with Gasteiger partial charge < -0.3 is 10.2 Å². The van der Waals surface area contributed by atoms with Crippen LogP contribution >= 0.6 is 11.6 Å². The van der Waals surface area contributed by atoms with Gasteiger partial charge in [0.2, 0.25) is 11.8 Å². The van der Waals surface area contributed by atoms with Gasteiger partial charge in [-0.25, -0.2) is 0 Å². The molecule has 0 aliphatic heterocycles. The number of hydrogen-bond donors (Lipinski definition) is 1. The lowest BCUT2D eigenvalue weighted by Gasteiger charge is -2.20. The number of halogens is 1. The van der Waals surface area contributed by atoms with E-state index in [-0.39, 0.29) is 18.4 Å². The van der Waals surface area contributed by atoms with Crippen LogP contribution in [0.1, 0.15) is 18.1 Å². The van der Waals surface area contributed by atoms with Gasteiger partial charge in [0.25, 0.3) is 0 Å². The fourth-order valence-corrected chi connectivity index (χ4v) is 2.52. The summed E-state index contributed by atoms with van der Waals surface area (Å²) in [5, 5.41) is 3.42. The van der Waals surface area contributed by atoms with Gasteiger partial charge in [0.1, 0.15) is 0 Å².